The molecule has 1 atom stereocenters. The van der Waals surface area contributed by atoms with Crippen molar-refractivity contribution >= 4 is 29.3 Å². The zero-order valence-corrected chi connectivity index (χ0v) is 21.1. The van der Waals surface area contributed by atoms with Crippen LogP contribution in [0.25, 0.3) is 0 Å². The van der Waals surface area contributed by atoms with Gasteiger partial charge in [-0.2, -0.15) is 23.4 Å². The van der Waals surface area contributed by atoms with Crippen molar-refractivity contribution in [3.05, 3.63) is 52.4 Å². The van der Waals surface area contributed by atoms with Crippen LogP contribution in [0.4, 0.5) is 19.0 Å². The molecular formula is C24H28ClF3N6O3. The van der Waals surface area contributed by atoms with E-state index in [1.165, 1.54) is 6.20 Å². The van der Waals surface area contributed by atoms with Crippen LogP contribution in [0.1, 0.15) is 67.7 Å². The molecule has 37 heavy (non-hydrogen) atoms. The molecule has 2 aromatic rings. The second-order valence-electron chi connectivity index (χ2n) is 8.42. The zero-order chi connectivity index (χ0) is 27.6. The van der Waals surface area contributed by atoms with Crippen molar-refractivity contribution in [2.24, 2.45) is 0 Å². The summed E-state index contributed by atoms with van der Waals surface area (Å²) in [5.74, 6) is -2.62. The Morgan fingerprint density at radius 2 is 1.86 bits per heavy atom. The summed E-state index contributed by atoms with van der Waals surface area (Å²) in [5, 5.41) is 21.7. The van der Waals surface area contributed by atoms with E-state index in [4.69, 9.17) is 26.8 Å². The third-order valence-corrected chi connectivity index (χ3v) is 5.96. The number of hydrazine groups is 1. The molecule has 1 fully saturated rings. The molecule has 9 nitrogen and oxygen atoms in total. The molecule has 0 saturated heterocycles. The van der Waals surface area contributed by atoms with E-state index in [-0.39, 0.29) is 17.8 Å². The molecule has 1 unspecified atom stereocenters. The number of rotatable bonds is 8. The fourth-order valence-electron chi connectivity index (χ4n) is 3.44. The van der Waals surface area contributed by atoms with Crippen LogP contribution in [0.5, 0.6) is 0 Å². The smallest absolute Gasteiger partial charge is 0.475 e. The SMILES string of the molecule is CCC(C)NCc1ccc(C(=O)NN(c2nc(C#N)ncc2Cl)C2CCCC2)cc1.O=C(O)C(F)(F)F. The largest absolute Gasteiger partial charge is 0.490 e. The molecule has 1 heterocycles. The van der Waals surface area contributed by atoms with Crippen LogP contribution < -0.4 is 15.8 Å². The number of carboxylic acids is 1. The van der Waals surface area contributed by atoms with Gasteiger partial charge in [0, 0.05) is 18.2 Å². The summed E-state index contributed by atoms with van der Waals surface area (Å²) >= 11 is 6.31. The number of carboxylic acid groups (broad SMARTS) is 1. The van der Waals surface area contributed by atoms with Gasteiger partial charge in [0.2, 0.25) is 5.82 Å². The maximum Gasteiger partial charge on any atom is 0.490 e. The van der Waals surface area contributed by atoms with Gasteiger partial charge in [-0.05, 0) is 43.9 Å². The van der Waals surface area contributed by atoms with E-state index in [0.29, 0.717) is 22.4 Å². The molecule has 1 saturated carbocycles. The summed E-state index contributed by atoms with van der Waals surface area (Å²) in [7, 11) is 0. The highest BCUT2D eigenvalue weighted by atomic mass is 35.5. The third kappa shape index (κ3) is 9.18. The first-order valence-electron chi connectivity index (χ1n) is 11.6. The number of aromatic nitrogens is 2. The van der Waals surface area contributed by atoms with Crippen molar-refractivity contribution in [1.82, 2.24) is 20.7 Å². The molecule has 1 aliphatic carbocycles. The Kier molecular flexibility index (Phi) is 11.1. The van der Waals surface area contributed by atoms with Crippen LogP contribution >= 0.6 is 11.6 Å². The molecular weight excluding hydrogens is 513 g/mol. The number of aliphatic carboxylic acids is 1. The first-order valence-corrected chi connectivity index (χ1v) is 12.0. The lowest BCUT2D eigenvalue weighted by Crippen LogP contribution is -2.48. The van der Waals surface area contributed by atoms with E-state index >= 15 is 0 Å². The number of alkyl halides is 3. The van der Waals surface area contributed by atoms with Gasteiger partial charge in [-0.15, -0.1) is 0 Å². The summed E-state index contributed by atoms with van der Waals surface area (Å²) in [5.41, 5.74) is 4.63. The molecule has 3 rings (SSSR count). The number of hydrogen-bond donors (Lipinski definition) is 3. The van der Waals surface area contributed by atoms with Gasteiger partial charge in [-0.1, -0.05) is 43.5 Å². The fourth-order valence-corrected chi connectivity index (χ4v) is 3.63. The summed E-state index contributed by atoms with van der Waals surface area (Å²) in [6, 6.07) is 10.00. The second kappa shape index (κ2) is 13.8. The number of hydrogen-bond acceptors (Lipinski definition) is 7. The van der Waals surface area contributed by atoms with Gasteiger partial charge in [-0.3, -0.25) is 15.2 Å². The van der Waals surface area contributed by atoms with Crippen LogP contribution in [-0.4, -0.2) is 45.2 Å². The Morgan fingerprint density at radius 1 is 1.27 bits per heavy atom. The first-order chi connectivity index (χ1) is 17.5. The van der Waals surface area contributed by atoms with E-state index in [2.05, 4.69) is 34.6 Å². The maximum absolute atomic E-state index is 13.0. The van der Waals surface area contributed by atoms with Gasteiger partial charge in [-0.25, -0.2) is 9.78 Å². The number of nitrogens with one attached hydrogen (secondary N) is 2. The summed E-state index contributed by atoms with van der Waals surface area (Å²) in [6.45, 7) is 5.05. The molecule has 1 aliphatic rings. The third-order valence-electron chi connectivity index (χ3n) is 5.69. The predicted molar refractivity (Wildman–Crippen MR) is 131 cm³/mol. The van der Waals surface area contributed by atoms with Gasteiger partial charge in [0.25, 0.3) is 5.91 Å². The quantitative estimate of drug-likeness (QED) is 0.413. The van der Waals surface area contributed by atoms with Crippen LogP contribution in [-0.2, 0) is 11.3 Å². The van der Waals surface area contributed by atoms with Crippen LogP contribution in [0.15, 0.2) is 30.5 Å². The highest BCUT2D eigenvalue weighted by molar-refractivity contribution is 6.32. The van der Waals surface area contributed by atoms with E-state index in [0.717, 1.165) is 44.2 Å². The van der Waals surface area contributed by atoms with Gasteiger partial charge in [0.05, 0.1) is 12.2 Å². The normalized spacial score (nSPS) is 14.2. The number of anilines is 1. The Bertz CT molecular complexity index is 1100. The molecule has 0 spiro atoms. The van der Waals surface area contributed by atoms with Crippen LogP contribution in [0.3, 0.4) is 0 Å². The zero-order valence-electron chi connectivity index (χ0n) is 20.3. The van der Waals surface area contributed by atoms with Gasteiger partial charge in [0.1, 0.15) is 11.1 Å². The topological polar surface area (TPSA) is 131 Å². The van der Waals surface area contributed by atoms with E-state index in [1.807, 2.05) is 30.3 Å². The lowest BCUT2D eigenvalue weighted by molar-refractivity contribution is -0.192. The molecule has 0 radical (unpaired) electrons. The number of nitriles is 1. The molecule has 200 valence electrons. The average Bonchev–Trinajstić information content (AvgIpc) is 3.41. The minimum absolute atomic E-state index is 0.0183. The molecule has 13 heteroatoms. The Balaban J connectivity index is 0.000000604. The standard InChI is InChI=1S/C22H27ClN6O.C2HF3O2/c1-3-15(2)25-13-16-8-10-17(11-9-16)22(30)28-29(18-6-4-5-7-18)21-19(23)14-26-20(12-24)27-21;3-2(4,5)1(6)7/h8-11,14-15,18,25H,3-7,13H2,1-2H3,(H,28,30);(H,6,7). The lowest BCUT2D eigenvalue weighted by Gasteiger charge is -2.30. The van der Waals surface area contributed by atoms with Crippen molar-refractivity contribution in [2.75, 3.05) is 5.01 Å². The van der Waals surface area contributed by atoms with Crippen molar-refractivity contribution in [3.63, 3.8) is 0 Å². The molecule has 1 amide bonds. The highest BCUT2D eigenvalue weighted by Gasteiger charge is 2.38. The van der Waals surface area contributed by atoms with E-state index in [1.54, 1.807) is 5.01 Å². The molecule has 0 bridgehead atoms. The maximum atomic E-state index is 13.0. The molecule has 0 aliphatic heterocycles. The number of amides is 1. The van der Waals surface area contributed by atoms with E-state index < -0.39 is 12.1 Å². The van der Waals surface area contributed by atoms with Gasteiger partial charge < -0.3 is 10.4 Å². The summed E-state index contributed by atoms with van der Waals surface area (Å²) in [4.78, 5) is 30.0. The summed E-state index contributed by atoms with van der Waals surface area (Å²) < 4.78 is 31.7. The minimum Gasteiger partial charge on any atom is -0.475 e. The number of halogens is 4. The lowest BCUT2D eigenvalue weighted by atomic mass is 10.1. The van der Waals surface area contributed by atoms with Gasteiger partial charge in [0.15, 0.2) is 5.82 Å². The van der Waals surface area contributed by atoms with Crippen molar-refractivity contribution < 1.29 is 27.9 Å². The van der Waals surface area contributed by atoms with Crippen LogP contribution in [0, 0.1) is 11.3 Å². The minimum atomic E-state index is -5.08. The van der Waals surface area contributed by atoms with Gasteiger partial charge >= 0.3 is 12.1 Å². The number of nitrogens with zero attached hydrogens (tertiary/aromatic N) is 4. The monoisotopic (exact) mass is 540 g/mol. The Hall–Kier alpha value is -3.43. The number of carbonyl (C=O) groups is 2. The molecule has 1 aromatic carbocycles. The first kappa shape index (κ1) is 29.8. The average molecular weight is 541 g/mol. The van der Waals surface area contributed by atoms with Crippen LogP contribution in [0.2, 0.25) is 5.02 Å². The molecule has 1 aromatic heterocycles. The Labute approximate surface area is 217 Å². The predicted octanol–water partition coefficient (Wildman–Crippen LogP) is 4.62. The second-order valence-corrected chi connectivity index (χ2v) is 8.82. The fraction of sp³-hybridized carbons (Fsp3) is 0.458. The van der Waals surface area contributed by atoms with Crippen molar-refractivity contribution in [3.8, 4) is 6.07 Å². The summed E-state index contributed by atoms with van der Waals surface area (Å²) in [6.07, 6.45) is 1.36. The molecule has 3 N–H and O–H groups in total. The highest BCUT2D eigenvalue weighted by Crippen LogP contribution is 2.30. The Morgan fingerprint density at radius 3 is 2.38 bits per heavy atom. The number of carbonyl (C=O) groups excluding carboxylic acids is 1. The van der Waals surface area contributed by atoms with E-state index in [9.17, 15) is 18.0 Å². The van der Waals surface area contributed by atoms with Crippen molar-refractivity contribution in [1.29, 1.82) is 5.26 Å². The number of benzene rings is 1. The van der Waals surface area contributed by atoms with Crippen molar-refractivity contribution in [2.45, 2.75) is 70.8 Å².